The lowest BCUT2D eigenvalue weighted by Gasteiger charge is -2.16. The Balaban J connectivity index is 3.19. The molecule has 0 aromatic rings. The molecular weight excluding hydrogens is 138 g/mol. The highest BCUT2D eigenvalue weighted by molar-refractivity contribution is 4.95. The first-order chi connectivity index (χ1) is 5.06. The smallest absolute Gasteiger partial charge is 0.0715 e. The second-order valence-electron chi connectivity index (χ2n) is 3.17. The Morgan fingerprint density at radius 2 is 2.09 bits per heavy atom. The van der Waals surface area contributed by atoms with Crippen molar-refractivity contribution in [2.24, 2.45) is 0 Å². The molecule has 0 amide bonds. The highest BCUT2D eigenvalue weighted by atomic mass is 16.3. The van der Waals surface area contributed by atoms with Gasteiger partial charge < -0.3 is 10.4 Å². The number of nitrogens with one attached hydrogen (secondary N) is 1. The minimum atomic E-state index is -0.611. The highest BCUT2D eigenvalue weighted by Gasteiger charge is 2.09. The van der Waals surface area contributed by atoms with Crippen LogP contribution in [0.1, 0.15) is 27.2 Å². The molecule has 0 fully saturated rings. The monoisotopic (exact) mass is 155 g/mol. The molecule has 0 saturated carbocycles. The molecule has 2 heteroatoms. The Morgan fingerprint density at radius 1 is 1.45 bits per heavy atom. The van der Waals surface area contributed by atoms with E-state index in [9.17, 15) is 5.11 Å². The van der Waals surface area contributed by atoms with Crippen molar-refractivity contribution in [1.82, 2.24) is 5.32 Å². The van der Waals surface area contributed by atoms with Crippen molar-refractivity contribution < 1.29 is 5.11 Å². The number of hydrogen-bond acceptors (Lipinski definition) is 2. The molecule has 0 saturated heterocycles. The summed E-state index contributed by atoms with van der Waals surface area (Å²) in [6, 6.07) is 0. The molecule has 0 atom stereocenters. The number of hydrogen-bond donors (Lipinski definition) is 2. The molecule has 0 bridgehead atoms. The van der Waals surface area contributed by atoms with E-state index >= 15 is 0 Å². The first-order valence-electron chi connectivity index (χ1n) is 3.89. The van der Waals surface area contributed by atoms with Gasteiger partial charge in [-0.25, -0.2) is 0 Å². The summed E-state index contributed by atoms with van der Waals surface area (Å²) in [5.41, 5.74) is -0.611. The fourth-order valence-corrected chi connectivity index (χ4v) is 0.670. The van der Waals surface area contributed by atoms with Gasteiger partial charge in [0.05, 0.1) is 5.60 Å². The second-order valence-corrected chi connectivity index (χ2v) is 3.17. The van der Waals surface area contributed by atoms with Crippen molar-refractivity contribution in [2.75, 3.05) is 13.1 Å². The molecule has 0 unspecified atom stereocenters. The molecule has 0 spiro atoms. The molecule has 0 aliphatic carbocycles. The molecule has 11 heavy (non-hydrogen) atoms. The van der Waals surface area contributed by atoms with Gasteiger partial charge in [-0.3, -0.25) is 0 Å². The number of aliphatic hydroxyl groups is 1. The zero-order chi connectivity index (χ0) is 8.74. The Hall–Kier alpha value is -0.520. The largest absolute Gasteiger partial charge is 0.389 e. The SMILES string of the molecule is CC#CCCNCC(C)(C)O. The van der Waals surface area contributed by atoms with Crippen LogP contribution in [0.3, 0.4) is 0 Å². The van der Waals surface area contributed by atoms with Gasteiger partial charge in [0, 0.05) is 19.5 Å². The summed E-state index contributed by atoms with van der Waals surface area (Å²) in [6.07, 6.45) is 0.854. The van der Waals surface area contributed by atoms with Crippen LogP contribution < -0.4 is 5.32 Å². The molecule has 0 heterocycles. The second kappa shape index (κ2) is 5.17. The molecular formula is C9H17NO. The van der Waals surface area contributed by atoms with Crippen LogP contribution in [0, 0.1) is 11.8 Å². The van der Waals surface area contributed by atoms with Gasteiger partial charge in [0.25, 0.3) is 0 Å². The van der Waals surface area contributed by atoms with Crippen LogP contribution >= 0.6 is 0 Å². The van der Waals surface area contributed by atoms with E-state index in [1.807, 2.05) is 6.92 Å². The molecule has 0 aromatic heterocycles. The van der Waals surface area contributed by atoms with Crippen LogP contribution in [-0.2, 0) is 0 Å². The lowest BCUT2D eigenvalue weighted by molar-refractivity contribution is 0.0802. The minimum Gasteiger partial charge on any atom is -0.389 e. The summed E-state index contributed by atoms with van der Waals surface area (Å²) in [7, 11) is 0. The Bertz CT molecular complexity index is 147. The van der Waals surface area contributed by atoms with Crippen LogP contribution in [0.2, 0.25) is 0 Å². The molecule has 2 nitrogen and oxygen atoms in total. The van der Waals surface area contributed by atoms with Crippen LogP contribution in [0.25, 0.3) is 0 Å². The van der Waals surface area contributed by atoms with Crippen molar-refractivity contribution in [3.63, 3.8) is 0 Å². The first kappa shape index (κ1) is 10.5. The molecule has 2 N–H and O–H groups in total. The fraction of sp³-hybridized carbons (Fsp3) is 0.778. The highest BCUT2D eigenvalue weighted by Crippen LogP contribution is 1.96. The van der Waals surface area contributed by atoms with Gasteiger partial charge >= 0.3 is 0 Å². The summed E-state index contributed by atoms with van der Waals surface area (Å²) in [5.74, 6) is 5.75. The number of rotatable bonds is 4. The average Bonchev–Trinajstić information content (AvgIpc) is 1.85. The van der Waals surface area contributed by atoms with Gasteiger partial charge in [0.1, 0.15) is 0 Å². The van der Waals surface area contributed by atoms with E-state index in [4.69, 9.17) is 0 Å². The van der Waals surface area contributed by atoms with Crippen molar-refractivity contribution >= 4 is 0 Å². The maximum absolute atomic E-state index is 9.28. The normalized spacial score (nSPS) is 10.5. The van der Waals surface area contributed by atoms with Gasteiger partial charge in [-0.05, 0) is 20.8 Å². The topological polar surface area (TPSA) is 32.3 Å². The van der Waals surface area contributed by atoms with Crippen LogP contribution in [0.5, 0.6) is 0 Å². The third-order valence-electron chi connectivity index (χ3n) is 1.16. The fourth-order valence-electron chi connectivity index (χ4n) is 0.670. The average molecular weight is 155 g/mol. The van der Waals surface area contributed by atoms with E-state index < -0.39 is 5.60 Å². The lowest BCUT2D eigenvalue weighted by atomic mass is 10.1. The Kier molecular flexibility index (Phi) is 4.93. The predicted molar refractivity (Wildman–Crippen MR) is 47.2 cm³/mol. The molecule has 0 aliphatic heterocycles. The first-order valence-corrected chi connectivity index (χ1v) is 3.89. The van der Waals surface area contributed by atoms with Crippen molar-refractivity contribution in [3.8, 4) is 11.8 Å². The maximum atomic E-state index is 9.28. The van der Waals surface area contributed by atoms with Crippen LogP contribution in [-0.4, -0.2) is 23.8 Å². The summed E-state index contributed by atoms with van der Waals surface area (Å²) in [4.78, 5) is 0. The van der Waals surface area contributed by atoms with Gasteiger partial charge in [-0.15, -0.1) is 11.8 Å². The van der Waals surface area contributed by atoms with E-state index in [0.717, 1.165) is 13.0 Å². The zero-order valence-electron chi connectivity index (χ0n) is 7.57. The standard InChI is InChI=1S/C9H17NO/c1-4-5-6-7-10-8-9(2,3)11/h10-11H,6-8H2,1-3H3. The zero-order valence-corrected chi connectivity index (χ0v) is 7.57. The van der Waals surface area contributed by atoms with E-state index in [0.29, 0.717) is 6.54 Å². The van der Waals surface area contributed by atoms with Crippen molar-refractivity contribution in [1.29, 1.82) is 0 Å². The van der Waals surface area contributed by atoms with Gasteiger partial charge in [-0.1, -0.05) is 0 Å². The summed E-state index contributed by atoms with van der Waals surface area (Å²) >= 11 is 0. The third-order valence-corrected chi connectivity index (χ3v) is 1.16. The van der Waals surface area contributed by atoms with Crippen LogP contribution in [0.4, 0.5) is 0 Å². The summed E-state index contributed by atoms with van der Waals surface area (Å²) in [5, 5.41) is 12.4. The Morgan fingerprint density at radius 3 is 2.55 bits per heavy atom. The van der Waals surface area contributed by atoms with Gasteiger partial charge in [-0.2, -0.15) is 0 Å². The van der Waals surface area contributed by atoms with Crippen molar-refractivity contribution in [2.45, 2.75) is 32.8 Å². The van der Waals surface area contributed by atoms with Crippen LogP contribution in [0.15, 0.2) is 0 Å². The van der Waals surface area contributed by atoms with E-state index in [1.165, 1.54) is 0 Å². The van der Waals surface area contributed by atoms with E-state index in [1.54, 1.807) is 13.8 Å². The maximum Gasteiger partial charge on any atom is 0.0715 e. The van der Waals surface area contributed by atoms with E-state index in [2.05, 4.69) is 17.2 Å². The summed E-state index contributed by atoms with van der Waals surface area (Å²) < 4.78 is 0. The lowest BCUT2D eigenvalue weighted by Crippen LogP contribution is -2.35. The minimum absolute atomic E-state index is 0.611. The van der Waals surface area contributed by atoms with Crippen molar-refractivity contribution in [3.05, 3.63) is 0 Å². The molecule has 0 aromatic carbocycles. The molecule has 0 rings (SSSR count). The van der Waals surface area contributed by atoms with Gasteiger partial charge in [0.2, 0.25) is 0 Å². The third kappa shape index (κ3) is 9.48. The van der Waals surface area contributed by atoms with E-state index in [-0.39, 0.29) is 0 Å². The summed E-state index contributed by atoms with van der Waals surface area (Å²) in [6.45, 7) is 6.87. The molecule has 64 valence electrons. The molecule has 0 aliphatic rings. The molecule has 0 radical (unpaired) electrons. The quantitative estimate of drug-likeness (QED) is 0.464. The van der Waals surface area contributed by atoms with Gasteiger partial charge in [0.15, 0.2) is 0 Å². The predicted octanol–water partition coefficient (Wildman–Crippen LogP) is 0.760. The Labute approximate surface area is 69.0 Å².